The summed E-state index contributed by atoms with van der Waals surface area (Å²) >= 11 is 1.40. The first-order valence-electron chi connectivity index (χ1n) is 7.82. The second kappa shape index (κ2) is 8.68. The molecule has 0 aliphatic heterocycles. The molecule has 1 aromatic heterocycles. The molecule has 1 heterocycles. The van der Waals surface area contributed by atoms with Crippen LogP contribution in [0.2, 0.25) is 0 Å². The molecule has 8 heteroatoms. The SMILES string of the molecule is CCC(N)c1nc(C(=O)NCc2cc(OC)c(OC)c(OC)c2)cs1. The van der Waals surface area contributed by atoms with Crippen molar-refractivity contribution in [2.24, 2.45) is 5.73 Å². The molecule has 1 amide bonds. The third-order valence-electron chi connectivity index (χ3n) is 3.69. The summed E-state index contributed by atoms with van der Waals surface area (Å²) in [6.07, 6.45) is 0.778. The molecule has 0 fully saturated rings. The third kappa shape index (κ3) is 4.40. The fraction of sp³-hybridized carbons (Fsp3) is 0.412. The number of ether oxygens (including phenoxy) is 3. The summed E-state index contributed by atoms with van der Waals surface area (Å²) in [4.78, 5) is 16.6. The van der Waals surface area contributed by atoms with E-state index in [0.717, 1.165) is 17.0 Å². The highest BCUT2D eigenvalue weighted by molar-refractivity contribution is 7.09. The van der Waals surface area contributed by atoms with Gasteiger partial charge in [-0.25, -0.2) is 4.98 Å². The first-order valence-corrected chi connectivity index (χ1v) is 8.70. The molecule has 1 aromatic carbocycles. The van der Waals surface area contributed by atoms with E-state index in [1.807, 2.05) is 6.92 Å². The van der Waals surface area contributed by atoms with Crippen molar-refractivity contribution < 1.29 is 19.0 Å². The zero-order chi connectivity index (χ0) is 18.4. The number of hydrogen-bond acceptors (Lipinski definition) is 7. The predicted molar refractivity (Wildman–Crippen MR) is 96.6 cm³/mol. The Kier molecular flexibility index (Phi) is 6.60. The summed E-state index contributed by atoms with van der Waals surface area (Å²) in [7, 11) is 4.64. The molecule has 0 spiro atoms. The van der Waals surface area contributed by atoms with Gasteiger partial charge in [-0.2, -0.15) is 0 Å². The maximum atomic E-state index is 12.3. The molecule has 25 heavy (non-hydrogen) atoms. The molecule has 1 atom stereocenters. The van der Waals surface area contributed by atoms with E-state index in [1.165, 1.54) is 11.3 Å². The number of methoxy groups -OCH3 is 3. The van der Waals surface area contributed by atoms with Crippen LogP contribution in [0.4, 0.5) is 0 Å². The van der Waals surface area contributed by atoms with E-state index in [0.29, 0.717) is 29.5 Å². The van der Waals surface area contributed by atoms with Crippen LogP contribution in [0.15, 0.2) is 17.5 Å². The lowest BCUT2D eigenvalue weighted by molar-refractivity contribution is 0.0946. The highest BCUT2D eigenvalue weighted by atomic mass is 32.1. The van der Waals surface area contributed by atoms with E-state index in [2.05, 4.69) is 10.3 Å². The number of rotatable bonds is 8. The number of nitrogens with two attached hydrogens (primary N) is 1. The summed E-state index contributed by atoms with van der Waals surface area (Å²) in [6, 6.07) is 3.45. The van der Waals surface area contributed by atoms with Crippen LogP contribution in [0, 0.1) is 0 Å². The Bertz CT molecular complexity index is 707. The van der Waals surface area contributed by atoms with E-state index in [9.17, 15) is 4.79 Å². The molecule has 136 valence electrons. The fourth-order valence-corrected chi connectivity index (χ4v) is 3.13. The van der Waals surface area contributed by atoms with Gasteiger partial charge in [-0.05, 0) is 24.1 Å². The fourth-order valence-electron chi connectivity index (χ4n) is 2.25. The number of benzene rings is 1. The van der Waals surface area contributed by atoms with Crippen molar-refractivity contribution >= 4 is 17.2 Å². The lowest BCUT2D eigenvalue weighted by atomic mass is 10.1. The van der Waals surface area contributed by atoms with Gasteiger partial charge in [0, 0.05) is 11.9 Å². The van der Waals surface area contributed by atoms with Crippen LogP contribution in [0.1, 0.15) is 40.4 Å². The van der Waals surface area contributed by atoms with E-state index in [4.69, 9.17) is 19.9 Å². The lowest BCUT2D eigenvalue weighted by Gasteiger charge is -2.14. The van der Waals surface area contributed by atoms with Crippen LogP contribution in [-0.2, 0) is 6.54 Å². The van der Waals surface area contributed by atoms with Crippen LogP contribution in [0.25, 0.3) is 0 Å². The molecule has 7 nitrogen and oxygen atoms in total. The molecular weight excluding hydrogens is 342 g/mol. The van der Waals surface area contributed by atoms with Gasteiger partial charge in [0.2, 0.25) is 5.75 Å². The van der Waals surface area contributed by atoms with E-state index >= 15 is 0 Å². The van der Waals surface area contributed by atoms with Gasteiger partial charge in [0.1, 0.15) is 10.7 Å². The average Bonchev–Trinajstić information content (AvgIpc) is 3.14. The minimum Gasteiger partial charge on any atom is -0.493 e. The second-order valence-electron chi connectivity index (χ2n) is 5.30. The van der Waals surface area contributed by atoms with E-state index < -0.39 is 0 Å². The normalized spacial score (nSPS) is 11.7. The van der Waals surface area contributed by atoms with Crippen molar-refractivity contribution in [3.63, 3.8) is 0 Å². The largest absolute Gasteiger partial charge is 0.493 e. The molecule has 0 saturated heterocycles. The average molecular weight is 365 g/mol. The van der Waals surface area contributed by atoms with Crippen LogP contribution in [0.5, 0.6) is 17.2 Å². The van der Waals surface area contributed by atoms with Crippen molar-refractivity contribution in [3.05, 3.63) is 33.8 Å². The van der Waals surface area contributed by atoms with Gasteiger partial charge in [0.05, 0.1) is 27.4 Å². The van der Waals surface area contributed by atoms with Crippen molar-refractivity contribution in [2.75, 3.05) is 21.3 Å². The van der Waals surface area contributed by atoms with Crippen LogP contribution in [0.3, 0.4) is 0 Å². The molecular formula is C17H23N3O4S. The number of nitrogens with zero attached hydrogens (tertiary/aromatic N) is 1. The molecule has 0 radical (unpaired) electrons. The molecule has 0 aliphatic rings. The first kappa shape index (κ1) is 19.0. The number of nitrogens with one attached hydrogen (secondary N) is 1. The number of thiazole rings is 1. The standard InChI is InChI=1S/C17H23N3O4S/c1-5-11(18)17-20-12(9-25-17)16(21)19-8-10-6-13(22-2)15(24-4)14(7-10)23-3/h6-7,9,11H,5,8,18H2,1-4H3,(H,19,21). The quantitative estimate of drug-likeness (QED) is 0.746. The zero-order valence-electron chi connectivity index (χ0n) is 14.8. The van der Waals surface area contributed by atoms with Gasteiger partial charge < -0.3 is 25.3 Å². The number of hydrogen-bond donors (Lipinski definition) is 2. The Balaban J connectivity index is 2.10. The molecule has 1 unspecified atom stereocenters. The summed E-state index contributed by atoms with van der Waals surface area (Å²) in [6.45, 7) is 2.29. The van der Waals surface area contributed by atoms with Gasteiger partial charge in [0.15, 0.2) is 11.5 Å². The Labute approximate surface area is 151 Å². The van der Waals surface area contributed by atoms with E-state index in [1.54, 1.807) is 38.8 Å². The Morgan fingerprint density at radius 1 is 1.24 bits per heavy atom. The highest BCUT2D eigenvalue weighted by Gasteiger charge is 2.16. The minimum absolute atomic E-state index is 0.137. The number of aromatic nitrogens is 1. The Morgan fingerprint density at radius 2 is 1.88 bits per heavy atom. The third-order valence-corrected chi connectivity index (χ3v) is 4.67. The topological polar surface area (TPSA) is 95.7 Å². The van der Waals surface area contributed by atoms with Gasteiger partial charge in [-0.1, -0.05) is 6.92 Å². The van der Waals surface area contributed by atoms with Gasteiger partial charge >= 0.3 is 0 Å². The Hall–Kier alpha value is -2.32. The summed E-state index contributed by atoms with van der Waals surface area (Å²) in [5, 5.41) is 5.32. The molecule has 0 saturated carbocycles. The predicted octanol–water partition coefficient (Wildman–Crippen LogP) is 2.51. The van der Waals surface area contributed by atoms with Crippen LogP contribution in [-0.4, -0.2) is 32.2 Å². The first-order chi connectivity index (χ1) is 12.0. The summed E-state index contributed by atoms with van der Waals surface area (Å²) in [5.74, 6) is 1.34. The zero-order valence-corrected chi connectivity index (χ0v) is 15.6. The van der Waals surface area contributed by atoms with Gasteiger partial charge in [0.25, 0.3) is 5.91 Å². The minimum atomic E-state index is -0.250. The van der Waals surface area contributed by atoms with Crippen molar-refractivity contribution in [1.29, 1.82) is 0 Å². The maximum absolute atomic E-state index is 12.3. The maximum Gasteiger partial charge on any atom is 0.271 e. The van der Waals surface area contributed by atoms with Crippen LogP contribution < -0.4 is 25.3 Å². The second-order valence-corrected chi connectivity index (χ2v) is 6.19. The molecule has 0 bridgehead atoms. The van der Waals surface area contributed by atoms with E-state index in [-0.39, 0.29) is 11.9 Å². The van der Waals surface area contributed by atoms with Gasteiger partial charge in [-0.15, -0.1) is 11.3 Å². The lowest BCUT2D eigenvalue weighted by Crippen LogP contribution is -2.23. The smallest absolute Gasteiger partial charge is 0.271 e. The highest BCUT2D eigenvalue weighted by Crippen LogP contribution is 2.38. The summed E-state index contributed by atoms with van der Waals surface area (Å²) in [5.41, 5.74) is 7.13. The van der Waals surface area contributed by atoms with Gasteiger partial charge in [-0.3, -0.25) is 4.79 Å². The number of amides is 1. The molecule has 3 N–H and O–H groups in total. The molecule has 2 rings (SSSR count). The van der Waals surface area contributed by atoms with Crippen molar-refractivity contribution in [1.82, 2.24) is 10.3 Å². The number of carbonyl (C=O) groups excluding carboxylic acids is 1. The van der Waals surface area contributed by atoms with Crippen molar-refractivity contribution in [2.45, 2.75) is 25.9 Å². The molecule has 2 aromatic rings. The Morgan fingerprint density at radius 3 is 2.40 bits per heavy atom. The number of carbonyl (C=O) groups is 1. The molecule has 0 aliphatic carbocycles. The monoisotopic (exact) mass is 365 g/mol. The summed E-state index contributed by atoms with van der Waals surface area (Å²) < 4.78 is 15.9. The van der Waals surface area contributed by atoms with Crippen LogP contribution >= 0.6 is 11.3 Å². The van der Waals surface area contributed by atoms with Crippen molar-refractivity contribution in [3.8, 4) is 17.2 Å².